The molecule has 1 aliphatic rings. The molecule has 1 fully saturated rings. The third kappa shape index (κ3) is 6.06. The van der Waals surface area contributed by atoms with Crippen molar-refractivity contribution in [2.75, 3.05) is 38.2 Å². The molecule has 10 heteroatoms. The number of nitriles is 1. The summed E-state index contributed by atoms with van der Waals surface area (Å²) in [7, 11) is -0.592. The Morgan fingerprint density at radius 3 is 2.39 bits per heavy atom. The van der Waals surface area contributed by atoms with Crippen LogP contribution >= 0.6 is 0 Å². The van der Waals surface area contributed by atoms with Gasteiger partial charge < -0.3 is 14.2 Å². The van der Waals surface area contributed by atoms with Crippen LogP contribution in [0, 0.1) is 23.2 Å². The number of hydrogen-bond donors (Lipinski definition) is 1. The Balaban J connectivity index is 1.40. The highest BCUT2D eigenvalue weighted by Gasteiger charge is 2.30. The zero-order valence-electron chi connectivity index (χ0n) is 21.5. The molecule has 0 amide bonds. The fourth-order valence-electron chi connectivity index (χ4n) is 4.37. The smallest absolute Gasteiger partial charge is 0.323 e. The molecular formula is C28H29N5O4S. The van der Waals surface area contributed by atoms with Crippen LogP contribution in [0.4, 0.5) is 5.69 Å². The Morgan fingerprint density at radius 2 is 1.74 bits per heavy atom. The number of rotatable bonds is 6. The topological polar surface area (TPSA) is 108 Å². The number of methoxy groups -OCH3 is 1. The first-order valence-corrected chi connectivity index (χ1v) is 13.5. The molecule has 196 valence electrons. The molecule has 0 radical (unpaired) electrons. The van der Waals surface area contributed by atoms with E-state index in [-0.39, 0.29) is 0 Å². The highest BCUT2D eigenvalue weighted by Crippen LogP contribution is 2.23. The lowest BCUT2D eigenvalue weighted by Gasteiger charge is -2.35. The van der Waals surface area contributed by atoms with Gasteiger partial charge in [-0.05, 0) is 55.5 Å². The SMILES string of the molecule is COC(=O)[C@H](C)NS(=O)(=O)N1CCN(c2ccc(C#Cc3ccc4c(c3)c(/C=C/C#N)cn4C)cc2)CC1. The van der Waals surface area contributed by atoms with Gasteiger partial charge in [-0.2, -0.15) is 22.7 Å². The van der Waals surface area contributed by atoms with E-state index < -0.39 is 22.2 Å². The third-order valence-electron chi connectivity index (χ3n) is 6.40. The average molecular weight is 532 g/mol. The zero-order valence-corrected chi connectivity index (χ0v) is 22.3. The zero-order chi connectivity index (χ0) is 27.3. The average Bonchev–Trinajstić information content (AvgIpc) is 3.24. The van der Waals surface area contributed by atoms with Gasteiger partial charge in [-0.3, -0.25) is 4.79 Å². The number of anilines is 1. The molecule has 9 nitrogen and oxygen atoms in total. The van der Waals surface area contributed by atoms with Gasteiger partial charge >= 0.3 is 5.97 Å². The van der Waals surface area contributed by atoms with Gasteiger partial charge in [0.15, 0.2) is 0 Å². The number of carbonyl (C=O) groups is 1. The van der Waals surface area contributed by atoms with Crippen molar-refractivity contribution in [2.24, 2.45) is 7.05 Å². The lowest BCUT2D eigenvalue weighted by Crippen LogP contribution is -2.54. The summed E-state index contributed by atoms with van der Waals surface area (Å²) in [5.41, 5.74) is 4.78. The van der Waals surface area contributed by atoms with Crippen LogP contribution in [0.2, 0.25) is 0 Å². The molecule has 0 saturated carbocycles. The van der Waals surface area contributed by atoms with Crippen molar-refractivity contribution in [3.8, 4) is 17.9 Å². The molecule has 0 aliphatic carbocycles. The highest BCUT2D eigenvalue weighted by molar-refractivity contribution is 7.87. The second-order valence-corrected chi connectivity index (χ2v) is 10.6. The van der Waals surface area contributed by atoms with Gasteiger partial charge in [0.25, 0.3) is 10.2 Å². The number of esters is 1. The van der Waals surface area contributed by atoms with Gasteiger partial charge in [0.1, 0.15) is 6.04 Å². The molecule has 2 aromatic carbocycles. The molecule has 3 aromatic rings. The van der Waals surface area contributed by atoms with Crippen molar-refractivity contribution >= 4 is 38.8 Å². The van der Waals surface area contributed by atoms with E-state index in [1.54, 1.807) is 6.08 Å². The molecule has 0 spiro atoms. The number of allylic oxidation sites excluding steroid dienone is 1. The van der Waals surface area contributed by atoms with Crippen LogP contribution in [0.5, 0.6) is 0 Å². The standard InChI is InChI=1S/C28H29N5O4S/c1-21(28(34)37-3)30-38(35,36)33-17-15-32(16-18-33)25-11-8-22(9-12-25)6-7-23-10-13-27-26(19-23)24(5-4-14-29)20-31(27)2/h4-5,8-13,19-21,30H,15-18H2,1-3H3/b5-4+/t21-/m0/s1. The summed E-state index contributed by atoms with van der Waals surface area (Å²) in [5.74, 6) is 5.79. The largest absolute Gasteiger partial charge is 0.468 e. The van der Waals surface area contributed by atoms with E-state index in [2.05, 4.69) is 26.2 Å². The van der Waals surface area contributed by atoms with Gasteiger partial charge in [0, 0.05) is 78.8 Å². The quantitative estimate of drug-likeness (QED) is 0.298. The summed E-state index contributed by atoms with van der Waals surface area (Å²) < 4.78 is 35.5. The lowest BCUT2D eigenvalue weighted by molar-refractivity contribution is -0.142. The van der Waals surface area contributed by atoms with E-state index >= 15 is 0 Å². The Kier molecular flexibility index (Phi) is 8.18. The number of benzene rings is 2. The molecule has 1 atom stereocenters. The summed E-state index contributed by atoms with van der Waals surface area (Å²) in [5, 5.41) is 9.90. The Labute approximate surface area is 223 Å². The Bertz CT molecular complexity index is 1570. The number of aromatic nitrogens is 1. The van der Waals surface area contributed by atoms with Crippen LogP contribution in [-0.4, -0.2) is 62.6 Å². The Morgan fingerprint density at radius 1 is 1.08 bits per heavy atom. The normalized spacial score (nSPS) is 15.2. The van der Waals surface area contributed by atoms with Crippen LogP contribution in [0.25, 0.3) is 17.0 Å². The Hall–Kier alpha value is -4.09. The molecule has 1 aliphatic heterocycles. The minimum Gasteiger partial charge on any atom is -0.468 e. The first-order valence-electron chi connectivity index (χ1n) is 12.1. The van der Waals surface area contributed by atoms with E-state index in [9.17, 15) is 13.2 Å². The second-order valence-electron chi connectivity index (χ2n) is 8.94. The fourth-order valence-corrected chi connectivity index (χ4v) is 5.71. The minimum atomic E-state index is -3.79. The number of aryl methyl sites for hydroxylation is 1. The third-order valence-corrected chi connectivity index (χ3v) is 8.10. The minimum absolute atomic E-state index is 0.304. The highest BCUT2D eigenvalue weighted by atomic mass is 32.2. The van der Waals surface area contributed by atoms with E-state index in [0.29, 0.717) is 26.2 Å². The molecule has 0 bridgehead atoms. The summed E-state index contributed by atoms with van der Waals surface area (Å²) in [6.07, 6.45) is 5.26. The van der Waals surface area contributed by atoms with Crippen molar-refractivity contribution in [1.82, 2.24) is 13.6 Å². The van der Waals surface area contributed by atoms with Crippen LogP contribution in [0.15, 0.2) is 54.7 Å². The molecule has 4 rings (SSSR count). The maximum absolute atomic E-state index is 12.6. The number of nitrogens with one attached hydrogen (secondary N) is 1. The first kappa shape index (κ1) is 27.0. The lowest BCUT2D eigenvalue weighted by atomic mass is 10.1. The van der Waals surface area contributed by atoms with Crippen LogP contribution in [0.3, 0.4) is 0 Å². The van der Waals surface area contributed by atoms with E-state index in [1.807, 2.05) is 66.3 Å². The van der Waals surface area contributed by atoms with Gasteiger partial charge in [0.2, 0.25) is 0 Å². The van der Waals surface area contributed by atoms with Crippen molar-refractivity contribution in [3.05, 3.63) is 71.4 Å². The van der Waals surface area contributed by atoms with Crippen LogP contribution < -0.4 is 9.62 Å². The van der Waals surface area contributed by atoms with E-state index in [4.69, 9.17) is 5.26 Å². The maximum Gasteiger partial charge on any atom is 0.323 e. The van der Waals surface area contributed by atoms with Crippen LogP contribution in [-0.2, 0) is 26.8 Å². The number of piperazine rings is 1. The monoisotopic (exact) mass is 531 g/mol. The van der Waals surface area contributed by atoms with Gasteiger partial charge in [-0.1, -0.05) is 11.8 Å². The number of hydrogen-bond acceptors (Lipinski definition) is 6. The molecule has 1 aromatic heterocycles. The number of nitrogens with zero attached hydrogens (tertiary/aromatic N) is 4. The van der Waals surface area contributed by atoms with Crippen molar-refractivity contribution in [2.45, 2.75) is 13.0 Å². The summed E-state index contributed by atoms with van der Waals surface area (Å²) in [4.78, 5) is 13.7. The van der Waals surface area contributed by atoms with Crippen molar-refractivity contribution < 1.29 is 17.9 Å². The fraction of sp³-hybridized carbons (Fsp3) is 0.286. The molecule has 0 unspecified atom stereocenters. The predicted octanol–water partition coefficient (Wildman–Crippen LogP) is 2.63. The van der Waals surface area contributed by atoms with Gasteiger partial charge in [-0.25, -0.2) is 0 Å². The van der Waals surface area contributed by atoms with Crippen molar-refractivity contribution in [3.63, 3.8) is 0 Å². The first-order chi connectivity index (χ1) is 18.2. The maximum atomic E-state index is 12.6. The molecular weight excluding hydrogens is 502 g/mol. The summed E-state index contributed by atoms with van der Waals surface area (Å²) >= 11 is 0. The molecule has 2 heterocycles. The molecule has 1 N–H and O–H groups in total. The number of fused-ring (bicyclic) bond motifs is 1. The van der Waals surface area contributed by atoms with E-state index in [1.165, 1.54) is 24.4 Å². The number of ether oxygens (including phenoxy) is 1. The molecule has 38 heavy (non-hydrogen) atoms. The van der Waals surface area contributed by atoms with E-state index in [0.717, 1.165) is 33.3 Å². The van der Waals surface area contributed by atoms with Gasteiger partial charge in [-0.15, -0.1) is 0 Å². The predicted molar refractivity (Wildman–Crippen MR) is 147 cm³/mol. The molecule has 1 saturated heterocycles. The van der Waals surface area contributed by atoms with Crippen molar-refractivity contribution in [1.29, 1.82) is 5.26 Å². The summed E-state index contributed by atoms with van der Waals surface area (Å²) in [6.45, 7) is 3.11. The van der Waals surface area contributed by atoms with Crippen LogP contribution in [0.1, 0.15) is 23.6 Å². The number of carbonyl (C=O) groups excluding carboxylic acids is 1. The van der Waals surface area contributed by atoms with Gasteiger partial charge in [0.05, 0.1) is 13.2 Å². The second kappa shape index (κ2) is 11.5. The summed E-state index contributed by atoms with van der Waals surface area (Å²) in [6, 6.07) is 15.0.